The summed E-state index contributed by atoms with van der Waals surface area (Å²) in [5.41, 5.74) is 0.757. The van der Waals surface area contributed by atoms with Gasteiger partial charge >= 0.3 is 6.03 Å². The molecule has 0 saturated carbocycles. The molecule has 0 aliphatic heterocycles. The summed E-state index contributed by atoms with van der Waals surface area (Å²) >= 11 is 0. The quantitative estimate of drug-likeness (QED) is 0.591. The molecule has 0 heterocycles. The second-order valence-electron chi connectivity index (χ2n) is 5.76. The number of methoxy groups -OCH3 is 1. The maximum Gasteiger partial charge on any atom is 0.315 e. The number of rotatable bonds is 8. The fraction of sp³-hybridized carbons (Fsp3) is 0.278. The molecular weight excluding hydrogens is 370 g/mol. The van der Waals surface area contributed by atoms with Crippen LogP contribution in [0, 0.1) is 0 Å². The van der Waals surface area contributed by atoms with Gasteiger partial charge in [-0.25, -0.2) is 18.4 Å². The Kier molecular flexibility index (Phi) is 7.03. The summed E-state index contributed by atoms with van der Waals surface area (Å²) in [4.78, 5) is 12.0. The maximum absolute atomic E-state index is 11.9. The van der Waals surface area contributed by atoms with Crippen LogP contribution >= 0.6 is 0 Å². The van der Waals surface area contributed by atoms with Crippen molar-refractivity contribution in [1.82, 2.24) is 10.6 Å². The van der Waals surface area contributed by atoms with Crippen molar-refractivity contribution in [2.75, 3.05) is 20.3 Å². The standard InChI is InChI=1S/C18H23N3O5S/c1-13(14-3-9-17(10-4-14)27(19,23)24)21-18(22)20-11-12-26-16-7-5-15(25-2)6-8-16/h3-10,13H,11-12H2,1-2H3,(H2,19,23,24)(H2,20,21,22). The number of carbonyl (C=O) groups is 1. The van der Waals surface area contributed by atoms with Crippen LogP contribution in [0.4, 0.5) is 4.79 Å². The lowest BCUT2D eigenvalue weighted by molar-refractivity contribution is 0.233. The van der Waals surface area contributed by atoms with Crippen molar-refractivity contribution < 1.29 is 22.7 Å². The maximum atomic E-state index is 11.9. The predicted molar refractivity (Wildman–Crippen MR) is 101 cm³/mol. The second-order valence-corrected chi connectivity index (χ2v) is 7.32. The summed E-state index contributed by atoms with van der Waals surface area (Å²) in [5.74, 6) is 1.42. The van der Waals surface area contributed by atoms with Gasteiger partial charge in [0.15, 0.2) is 0 Å². The highest BCUT2D eigenvalue weighted by Crippen LogP contribution is 2.17. The van der Waals surface area contributed by atoms with Gasteiger partial charge in [0.2, 0.25) is 10.0 Å². The lowest BCUT2D eigenvalue weighted by Gasteiger charge is -2.15. The minimum atomic E-state index is -3.73. The summed E-state index contributed by atoms with van der Waals surface area (Å²) in [6, 6.07) is 12.5. The highest BCUT2D eigenvalue weighted by atomic mass is 32.2. The first kappa shape index (κ1) is 20.5. The molecule has 0 aromatic heterocycles. The van der Waals surface area contributed by atoms with Crippen molar-refractivity contribution in [2.45, 2.75) is 17.9 Å². The van der Waals surface area contributed by atoms with Gasteiger partial charge in [-0.2, -0.15) is 0 Å². The fourth-order valence-corrected chi connectivity index (χ4v) is 2.80. The Bertz CT molecular complexity index is 852. The van der Waals surface area contributed by atoms with Crippen molar-refractivity contribution in [1.29, 1.82) is 0 Å². The van der Waals surface area contributed by atoms with Crippen molar-refractivity contribution >= 4 is 16.1 Å². The molecule has 2 aromatic rings. The number of sulfonamides is 1. The lowest BCUT2D eigenvalue weighted by atomic mass is 10.1. The Balaban J connectivity index is 1.74. The number of urea groups is 1. The van der Waals surface area contributed by atoms with E-state index in [4.69, 9.17) is 14.6 Å². The van der Waals surface area contributed by atoms with Gasteiger partial charge in [0.05, 0.1) is 24.6 Å². The zero-order chi connectivity index (χ0) is 19.9. The van der Waals surface area contributed by atoms with E-state index in [-0.39, 0.29) is 17.0 Å². The average Bonchev–Trinajstić information content (AvgIpc) is 2.65. The first-order valence-corrected chi connectivity index (χ1v) is 9.78. The van der Waals surface area contributed by atoms with Crippen LogP contribution in [0.2, 0.25) is 0 Å². The number of hydrogen-bond acceptors (Lipinski definition) is 5. The van der Waals surface area contributed by atoms with E-state index in [1.165, 1.54) is 12.1 Å². The fourth-order valence-electron chi connectivity index (χ4n) is 2.28. The largest absolute Gasteiger partial charge is 0.497 e. The molecule has 0 saturated heterocycles. The smallest absolute Gasteiger partial charge is 0.315 e. The molecule has 0 aliphatic rings. The van der Waals surface area contributed by atoms with Crippen LogP contribution in [0.25, 0.3) is 0 Å². The molecule has 9 heteroatoms. The van der Waals surface area contributed by atoms with E-state index in [9.17, 15) is 13.2 Å². The van der Waals surface area contributed by atoms with E-state index < -0.39 is 10.0 Å². The van der Waals surface area contributed by atoms with Gasteiger partial charge in [0, 0.05) is 0 Å². The molecule has 2 aromatic carbocycles. The van der Waals surface area contributed by atoms with Crippen LogP contribution in [0.15, 0.2) is 53.4 Å². The van der Waals surface area contributed by atoms with Crippen LogP contribution in [0.3, 0.4) is 0 Å². The number of carbonyl (C=O) groups excluding carboxylic acids is 1. The highest BCUT2D eigenvalue weighted by Gasteiger charge is 2.11. The molecule has 0 radical (unpaired) electrons. The summed E-state index contributed by atoms with van der Waals surface area (Å²) in [6.07, 6.45) is 0. The Morgan fingerprint density at radius 2 is 1.67 bits per heavy atom. The number of nitrogens with two attached hydrogens (primary N) is 1. The Labute approximate surface area is 158 Å². The molecule has 146 valence electrons. The number of hydrogen-bond donors (Lipinski definition) is 3. The first-order chi connectivity index (χ1) is 12.8. The molecule has 2 rings (SSSR count). The van der Waals surface area contributed by atoms with Gasteiger partial charge in [0.1, 0.15) is 18.1 Å². The molecule has 27 heavy (non-hydrogen) atoms. The highest BCUT2D eigenvalue weighted by molar-refractivity contribution is 7.89. The van der Waals surface area contributed by atoms with Crippen LogP contribution in [0.5, 0.6) is 11.5 Å². The summed E-state index contributed by atoms with van der Waals surface area (Å²) < 4.78 is 33.1. The number of benzene rings is 2. The minimum absolute atomic E-state index is 0.0265. The molecule has 0 bridgehead atoms. The Hall–Kier alpha value is -2.78. The van der Waals surface area contributed by atoms with Crippen molar-refractivity contribution in [3.05, 3.63) is 54.1 Å². The molecule has 0 fully saturated rings. The van der Waals surface area contributed by atoms with Gasteiger partial charge in [-0.05, 0) is 48.9 Å². The molecule has 8 nitrogen and oxygen atoms in total. The monoisotopic (exact) mass is 393 g/mol. The van der Waals surface area contributed by atoms with Gasteiger partial charge in [-0.1, -0.05) is 12.1 Å². The third-order valence-electron chi connectivity index (χ3n) is 3.77. The van der Waals surface area contributed by atoms with Crippen molar-refractivity contribution in [2.24, 2.45) is 5.14 Å². The number of amides is 2. The number of ether oxygens (including phenoxy) is 2. The van der Waals surface area contributed by atoms with Gasteiger partial charge in [-0.3, -0.25) is 0 Å². The zero-order valence-corrected chi connectivity index (χ0v) is 16.0. The normalized spacial score (nSPS) is 12.1. The van der Waals surface area contributed by atoms with E-state index in [1.54, 1.807) is 50.4 Å². The van der Waals surface area contributed by atoms with E-state index in [1.807, 2.05) is 0 Å². The lowest BCUT2D eigenvalue weighted by Crippen LogP contribution is -2.39. The van der Waals surface area contributed by atoms with Crippen LogP contribution < -0.4 is 25.2 Å². The van der Waals surface area contributed by atoms with Gasteiger partial charge in [-0.15, -0.1) is 0 Å². The predicted octanol–water partition coefficient (Wildman–Crippen LogP) is 1.78. The molecule has 4 N–H and O–H groups in total. The second kappa shape index (κ2) is 9.24. The van der Waals surface area contributed by atoms with Crippen molar-refractivity contribution in [3.8, 4) is 11.5 Å². The van der Waals surface area contributed by atoms with E-state index in [0.717, 1.165) is 11.3 Å². The number of primary sulfonamides is 1. The van der Waals surface area contributed by atoms with E-state index >= 15 is 0 Å². The SMILES string of the molecule is COc1ccc(OCCNC(=O)NC(C)c2ccc(S(N)(=O)=O)cc2)cc1. The summed E-state index contributed by atoms with van der Waals surface area (Å²) in [6.45, 7) is 2.44. The molecule has 0 spiro atoms. The molecule has 2 amide bonds. The Morgan fingerprint density at radius 3 is 2.22 bits per heavy atom. The van der Waals surface area contributed by atoms with Crippen molar-refractivity contribution in [3.63, 3.8) is 0 Å². The molecule has 1 unspecified atom stereocenters. The van der Waals surface area contributed by atoms with Crippen LogP contribution in [-0.4, -0.2) is 34.7 Å². The van der Waals surface area contributed by atoms with Gasteiger partial charge in [0.25, 0.3) is 0 Å². The Morgan fingerprint density at radius 1 is 1.07 bits per heavy atom. The van der Waals surface area contributed by atoms with E-state index in [0.29, 0.717) is 18.9 Å². The third kappa shape index (κ3) is 6.46. The van der Waals surface area contributed by atoms with E-state index in [2.05, 4.69) is 10.6 Å². The van der Waals surface area contributed by atoms with Crippen LogP contribution in [-0.2, 0) is 10.0 Å². The molecule has 0 aliphatic carbocycles. The first-order valence-electron chi connectivity index (χ1n) is 8.23. The van der Waals surface area contributed by atoms with Crippen LogP contribution in [0.1, 0.15) is 18.5 Å². The number of nitrogens with one attached hydrogen (secondary N) is 2. The topological polar surface area (TPSA) is 120 Å². The summed E-state index contributed by atoms with van der Waals surface area (Å²) in [7, 11) is -2.14. The zero-order valence-electron chi connectivity index (χ0n) is 15.1. The third-order valence-corrected chi connectivity index (χ3v) is 4.70. The summed E-state index contributed by atoms with van der Waals surface area (Å²) in [5, 5.41) is 10.5. The van der Waals surface area contributed by atoms with Gasteiger partial charge < -0.3 is 20.1 Å². The minimum Gasteiger partial charge on any atom is -0.497 e. The molecular formula is C18H23N3O5S. The average molecular weight is 393 g/mol. The molecule has 1 atom stereocenters.